The van der Waals surface area contributed by atoms with Gasteiger partial charge in [0.2, 0.25) is 0 Å². The molecule has 0 unspecified atom stereocenters. The topological polar surface area (TPSA) is 73.6 Å². The second-order valence-electron chi connectivity index (χ2n) is 7.68. The van der Waals surface area contributed by atoms with Crippen LogP contribution in [0.1, 0.15) is 49.4 Å². The van der Waals surface area contributed by atoms with Crippen LogP contribution in [0.15, 0.2) is 69.8 Å². The average molecular weight is 434 g/mol. The number of thiazole rings is 1. The zero-order chi connectivity index (χ0) is 22.1. The molecule has 158 valence electrons. The highest BCUT2D eigenvalue weighted by Crippen LogP contribution is 2.31. The van der Waals surface area contributed by atoms with Gasteiger partial charge in [-0.3, -0.25) is 14.3 Å². The summed E-state index contributed by atoms with van der Waals surface area (Å²) in [5.74, 6) is -0.103. The van der Waals surface area contributed by atoms with E-state index in [0.717, 1.165) is 11.1 Å². The molecule has 3 aromatic rings. The van der Waals surface area contributed by atoms with E-state index < -0.39 is 12.0 Å². The first-order valence-electron chi connectivity index (χ1n) is 10.0. The first-order valence-corrected chi connectivity index (χ1v) is 10.8. The van der Waals surface area contributed by atoms with Gasteiger partial charge in [-0.1, -0.05) is 55.5 Å². The zero-order valence-electron chi connectivity index (χ0n) is 17.8. The fourth-order valence-electron chi connectivity index (χ4n) is 3.68. The Bertz CT molecular complexity index is 1330. The monoisotopic (exact) mass is 433 g/mol. The van der Waals surface area contributed by atoms with Gasteiger partial charge in [-0.05, 0) is 41.7 Å². The molecule has 0 radical (unpaired) electrons. The van der Waals surface area contributed by atoms with E-state index in [1.165, 1.54) is 24.0 Å². The van der Waals surface area contributed by atoms with E-state index in [2.05, 4.69) is 23.8 Å². The fraction of sp³-hybridized carbons (Fsp3) is 0.250. The Kier molecular flexibility index (Phi) is 5.69. The van der Waals surface area contributed by atoms with Crippen LogP contribution >= 0.6 is 11.3 Å². The molecule has 0 spiro atoms. The maximum atomic E-state index is 13.4. The van der Waals surface area contributed by atoms with Crippen molar-refractivity contribution >= 4 is 23.4 Å². The summed E-state index contributed by atoms with van der Waals surface area (Å²) >= 11 is 1.30. The molecule has 7 heteroatoms. The number of esters is 1. The van der Waals surface area contributed by atoms with E-state index in [9.17, 15) is 9.59 Å². The maximum Gasteiger partial charge on any atom is 0.338 e. The highest BCUT2D eigenvalue weighted by atomic mass is 32.1. The van der Waals surface area contributed by atoms with Gasteiger partial charge >= 0.3 is 5.97 Å². The van der Waals surface area contributed by atoms with E-state index in [1.807, 2.05) is 36.4 Å². The van der Waals surface area contributed by atoms with Crippen molar-refractivity contribution in [2.75, 3.05) is 7.11 Å². The fourth-order valence-corrected chi connectivity index (χ4v) is 4.73. The molecule has 1 atom stereocenters. The Morgan fingerprint density at radius 3 is 2.58 bits per heavy atom. The molecule has 6 nitrogen and oxygen atoms in total. The van der Waals surface area contributed by atoms with Gasteiger partial charge < -0.3 is 4.74 Å². The molecule has 1 aromatic carbocycles. The Balaban J connectivity index is 1.95. The van der Waals surface area contributed by atoms with Crippen LogP contribution < -0.4 is 14.9 Å². The molecule has 0 fully saturated rings. The third-order valence-corrected chi connectivity index (χ3v) is 6.31. The van der Waals surface area contributed by atoms with Crippen LogP contribution in [0.25, 0.3) is 6.08 Å². The first-order chi connectivity index (χ1) is 14.9. The molecule has 0 N–H and O–H groups in total. The van der Waals surface area contributed by atoms with Gasteiger partial charge in [0, 0.05) is 12.4 Å². The molecule has 3 heterocycles. The van der Waals surface area contributed by atoms with Crippen LogP contribution in [0.5, 0.6) is 0 Å². The second-order valence-corrected chi connectivity index (χ2v) is 8.69. The number of carbonyl (C=O) groups excluding carboxylic acids is 1. The molecule has 0 amide bonds. The number of ether oxygens (including phenoxy) is 1. The molecule has 0 bridgehead atoms. The molecule has 0 aliphatic carbocycles. The van der Waals surface area contributed by atoms with Crippen molar-refractivity contribution in [3.8, 4) is 0 Å². The van der Waals surface area contributed by atoms with Gasteiger partial charge in [0.1, 0.15) is 0 Å². The quantitative estimate of drug-likeness (QED) is 0.593. The molecular weight excluding hydrogens is 410 g/mol. The van der Waals surface area contributed by atoms with E-state index in [4.69, 9.17) is 4.74 Å². The number of benzene rings is 1. The van der Waals surface area contributed by atoms with Gasteiger partial charge in [0.15, 0.2) is 4.80 Å². The number of nitrogens with zero attached hydrogens (tertiary/aromatic N) is 3. The number of rotatable bonds is 4. The number of carbonyl (C=O) groups is 1. The normalized spacial score (nSPS) is 16.3. The molecular formula is C24H23N3O3S. The Hall–Kier alpha value is -3.32. The lowest BCUT2D eigenvalue weighted by Crippen LogP contribution is -2.39. The number of methoxy groups -OCH3 is 1. The van der Waals surface area contributed by atoms with Crippen molar-refractivity contribution < 1.29 is 9.53 Å². The van der Waals surface area contributed by atoms with Crippen LogP contribution in [0, 0.1) is 0 Å². The Labute approximate surface area is 183 Å². The minimum atomic E-state index is -0.596. The van der Waals surface area contributed by atoms with E-state index in [0.29, 0.717) is 26.5 Å². The lowest BCUT2D eigenvalue weighted by atomic mass is 9.93. The Morgan fingerprint density at radius 2 is 1.97 bits per heavy atom. The maximum absolute atomic E-state index is 13.4. The number of hydrogen-bond acceptors (Lipinski definition) is 6. The average Bonchev–Trinajstić information content (AvgIpc) is 3.07. The Morgan fingerprint density at radius 1 is 1.23 bits per heavy atom. The molecule has 1 aliphatic rings. The number of allylic oxidation sites excluding steroid dienone is 1. The van der Waals surface area contributed by atoms with Crippen molar-refractivity contribution in [1.82, 2.24) is 9.55 Å². The van der Waals surface area contributed by atoms with E-state index in [-0.39, 0.29) is 5.56 Å². The van der Waals surface area contributed by atoms with E-state index in [1.54, 1.807) is 30.0 Å². The van der Waals surface area contributed by atoms with Gasteiger partial charge in [0.05, 0.1) is 29.0 Å². The molecule has 0 saturated heterocycles. The summed E-state index contributed by atoms with van der Waals surface area (Å²) < 4.78 is 7.18. The van der Waals surface area contributed by atoms with Crippen LogP contribution in [0.3, 0.4) is 0 Å². The summed E-state index contributed by atoms with van der Waals surface area (Å²) in [6, 6.07) is 11.1. The van der Waals surface area contributed by atoms with Gasteiger partial charge in [-0.2, -0.15) is 0 Å². The lowest BCUT2D eigenvalue weighted by Gasteiger charge is -2.24. The standard InChI is InChI=1S/C24H23N3O3S/c1-14(2)17-7-9-18(10-8-17)21-20(23(29)30-4)15(3)26-24-27(21)22(28)19(31-24)12-16-6-5-11-25-13-16/h5-14,21H,1-4H3/b19-12+/t21-/m1/s1. The second kappa shape index (κ2) is 8.43. The number of fused-ring (bicyclic) bond motifs is 1. The van der Waals surface area contributed by atoms with Crippen LogP contribution in [0.4, 0.5) is 0 Å². The smallest absolute Gasteiger partial charge is 0.338 e. The summed E-state index contributed by atoms with van der Waals surface area (Å²) in [5, 5.41) is 0. The molecule has 1 aliphatic heterocycles. The van der Waals surface area contributed by atoms with Crippen LogP contribution in [-0.4, -0.2) is 22.6 Å². The largest absolute Gasteiger partial charge is 0.466 e. The third-order valence-electron chi connectivity index (χ3n) is 5.33. The van der Waals surface area contributed by atoms with E-state index >= 15 is 0 Å². The highest BCUT2D eigenvalue weighted by molar-refractivity contribution is 7.07. The third kappa shape index (κ3) is 3.88. The van der Waals surface area contributed by atoms with Gasteiger partial charge in [-0.15, -0.1) is 0 Å². The summed E-state index contributed by atoms with van der Waals surface area (Å²) in [7, 11) is 1.34. The van der Waals surface area contributed by atoms with Crippen molar-refractivity contribution in [3.63, 3.8) is 0 Å². The first kappa shape index (κ1) is 20.9. The molecule has 4 rings (SSSR count). The van der Waals surface area contributed by atoms with Gasteiger partial charge in [0.25, 0.3) is 5.56 Å². The van der Waals surface area contributed by atoms with Crippen LogP contribution in [-0.2, 0) is 9.53 Å². The van der Waals surface area contributed by atoms with Crippen LogP contribution in [0.2, 0.25) is 0 Å². The number of hydrogen-bond donors (Lipinski definition) is 0. The van der Waals surface area contributed by atoms with Crippen molar-refractivity contribution in [1.29, 1.82) is 0 Å². The minimum absolute atomic E-state index is 0.195. The molecule has 2 aromatic heterocycles. The van der Waals surface area contributed by atoms with Crippen molar-refractivity contribution in [2.45, 2.75) is 32.7 Å². The predicted molar refractivity (Wildman–Crippen MR) is 121 cm³/mol. The minimum Gasteiger partial charge on any atom is -0.466 e. The summed E-state index contributed by atoms with van der Waals surface area (Å²) in [5.41, 5.74) is 3.59. The van der Waals surface area contributed by atoms with Gasteiger partial charge in [-0.25, -0.2) is 9.79 Å². The van der Waals surface area contributed by atoms with Crippen molar-refractivity contribution in [2.24, 2.45) is 4.99 Å². The summed E-state index contributed by atoms with van der Waals surface area (Å²) in [6.07, 6.45) is 5.18. The summed E-state index contributed by atoms with van der Waals surface area (Å²) in [6.45, 7) is 6.03. The predicted octanol–water partition coefficient (Wildman–Crippen LogP) is 2.93. The highest BCUT2D eigenvalue weighted by Gasteiger charge is 2.33. The molecule has 0 saturated carbocycles. The molecule has 31 heavy (non-hydrogen) atoms. The zero-order valence-corrected chi connectivity index (χ0v) is 18.6. The summed E-state index contributed by atoms with van der Waals surface area (Å²) in [4.78, 5) is 35.3. The lowest BCUT2D eigenvalue weighted by molar-refractivity contribution is -0.136. The van der Waals surface area contributed by atoms with Crippen molar-refractivity contribution in [3.05, 3.63) is 96.4 Å². The number of aromatic nitrogens is 2. The SMILES string of the molecule is COC(=O)C1=C(C)N=c2s/c(=C/c3cccnc3)c(=O)n2[C@@H]1c1ccc(C(C)C)cc1. The number of pyridine rings is 1.